The van der Waals surface area contributed by atoms with Gasteiger partial charge in [-0.25, -0.2) is 9.18 Å². The molecule has 1 amide bonds. The zero-order chi connectivity index (χ0) is 14.8. The zero-order valence-corrected chi connectivity index (χ0v) is 11.8. The SMILES string of the molecule is NC[C@H]1CN(c2cccc(F)c2C2CCNCC2)C(=O)O1. The van der Waals surface area contributed by atoms with E-state index in [4.69, 9.17) is 10.5 Å². The van der Waals surface area contributed by atoms with Gasteiger partial charge in [-0.1, -0.05) is 6.07 Å². The molecule has 2 aliphatic heterocycles. The molecule has 1 aromatic rings. The minimum absolute atomic E-state index is 0.132. The number of anilines is 1. The first-order valence-corrected chi connectivity index (χ1v) is 7.38. The van der Waals surface area contributed by atoms with Crippen molar-refractivity contribution in [2.45, 2.75) is 24.9 Å². The number of hydrogen-bond donors (Lipinski definition) is 2. The number of carbonyl (C=O) groups excluding carboxylic acids is 1. The summed E-state index contributed by atoms with van der Waals surface area (Å²) in [5, 5.41) is 3.27. The fourth-order valence-corrected chi connectivity index (χ4v) is 3.12. The average molecular weight is 293 g/mol. The van der Waals surface area contributed by atoms with Gasteiger partial charge in [-0.2, -0.15) is 0 Å². The largest absolute Gasteiger partial charge is 0.443 e. The summed E-state index contributed by atoms with van der Waals surface area (Å²) >= 11 is 0. The summed E-state index contributed by atoms with van der Waals surface area (Å²) in [5.74, 6) is -0.115. The molecule has 1 atom stereocenters. The number of hydrogen-bond acceptors (Lipinski definition) is 4. The third kappa shape index (κ3) is 2.73. The van der Waals surface area contributed by atoms with Gasteiger partial charge in [0.05, 0.1) is 12.2 Å². The highest BCUT2D eigenvalue weighted by molar-refractivity contribution is 5.91. The van der Waals surface area contributed by atoms with Crippen LogP contribution in [0.5, 0.6) is 0 Å². The Bertz CT molecular complexity index is 532. The van der Waals surface area contributed by atoms with Crippen molar-refractivity contribution in [3.05, 3.63) is 29.6 Å². The second-order valence-electron chi connectivity index (χ2n) is 5.55. The van der Waals surface area contributed by atoms with E-state index in [1.807, 2.05) is 0 Å². The summed E-state index contributed by atoms with van der Waals surface area (Å²) < 4.78 is 19.6. The molecule has 3 N–H and O–H groups in total. The lowest BCUT2D eigenvalue weighted by molar-refractivity contribution is 0.145. The predicted octanol–water partition coefficient (Wildman–Crippen LogP) is 1.58. The molecule has 5 nitrogen and oxygen atoms in total. The number of nitrogens with zero attached hydrogens (tertiary/aromatic N) is 1. The number of carbonyl (C=O) groups is 1. The van der Waals surface area contributed by atoms with E-state index in [0.29, 0.717) is 17.8 Å². The highest BCUT2D eigenvalue weighted by Gasteiger charge is 2.34. The number of nitrogens with two attached hydrogens (primary N) is 1. The van der Waals surface area contributed by atoms with Gasteiger partial charge in [-0.05, 0) is 44.0 Å². The molecule has 6 heteroatoms. The van der Waals surface area contributed by atoms with Crippen molar-refractivity contribution in [2.24, 2.45) is 5.73 Å². The molecule has 2 saturated heterocycles. The van der Waals surface area contributed by atoms with Crippen LogP contribution in [0.4, 0.5) is 14.9 Å². The molecule has 0 radical (unpaired) electrons. The Morgan fingerprint density at radius 3 is 2.81 bits per heavy atom. The van der Waals surface area contributed by atoms with E-state index in [1.165, 1.54) is 11.0 Å². The molecule has 2 aliphatic rings. The average Bonchev–Trinajstić information content (AvgIpc) is 2.89. The molecule has 1 aromatic carbocycles. The van der Waals surface area contributed by atoms with E-state index in [0.717, 1.165) is 25.9 Å². The Hall–Kier alpha value is -1.66. The third-order valence-corrected chi connectivity index (χ3v) is 4.21. The van der Waals surface area contributed by atoms with Crippen molar-refractivity contribution in [3.63, 3.8) is 0 Å². The molecule has 0 saturated carbocycles. The lowest BCUT2D eigenvalue weighted by Crippen LogP contribution is -2.31. The molecule has 0 aliphatic carbocycles. The quantitative estimate of drug-likeness (QED) is 0.888. The fraction of sp³-hybridized carbons (Fsp3) is 0.533. The topological polar surface area (TPSA) is 67.6 Å². The van der Waals surface area contributed by atoms with E-state index in [9.17, 15) is 9.18 Å². The van der Waals surface area contributed by atoms with Gasteiger partial charge < -0.3 is 15.8 Å². The van der Waals surface area contributed by atoms with Crippen LogP contribution in [0.15, 0.2) is 18.2 Å². The van der Waals surface area contributed by atoms with Crippen molar-refractivity contribution in [1.29, 1.82) is 0 Å². The van der Waals surface area contributed by atoms with Crippen LogP contribution in [0.3, 0.4) is 0 Å². The Morgan fingerprint density at radius 2 is 2.14 bits per heavy atom. The van der Waals surface area contributed by atoms with Crippen LogP contribution in [0, 0.1) is 5.82 Å². The summed E-state index contributed by atoms with van der Waals surface area (Å²) in [4.78, 5) is 13.5. The first kappa shape index (κ1) is 14.3. The number of cyclic esters (lactones) is 1. The van der Waals surface area contributed by atoms with E-state index >= 15 is 0 Å². The number of benzene rings is 1. The molecule has 2 fully saturated rings. The summed E-state index contributed by atoms with van der Waals surface area (Å²) in [6, 6.07) is 4.89. The maximum absolute atomic E-state index is 14.4. The maximum Gasteiger partial charge on any atom is 0.414 e. The van der Waals surface area contributed by atoms with Gasteiger partial charge in [0.15, 0.2) is 0 Å². The van der Waals surface area contributed by atoms with Gasteiger partial charge in [0, 0.05) is 12.1 Å². The normalized spacial score (nSPS) is 23.4. The van der Waals surface area contributed by atoms with Gasteiger partial charge in [-0.3, -0.25) is 4.90 Å². The summed E-state index contributed by atoms with van der Waals surface area (Å²) in [6.07, 6.45) is 0.988. The van der Waals surface area contributed by atoms with Gasteiger partial charge in [0.25, 0.3) is 0 Å². The number of halogens is 1. The minimum Gasteiger partial charge on any atom is -0.443 e. The Balaban J connectivity index is 1.95. The highest BCUT2D eigenvalue weighted by Crippen LogP contribution is 2.36. The first-order valence-electron chi connectivity index (χ1n) is 7.38. The van der Waals surface area contributed by atoms with Crippen LogP contribution in [-0.4, -0.2) is 38.4 Å². The van der Waals surface area contributed by atoms with Crippen molar-refractivity contribution in [2.75, 3.05) is 31.1 Å². The standard InChI is InChI=1S/C15H20FN3O2/c16-12-2-1-3-13(14(12)10-4-6-18-7-5-10)19-9-11(8-17)21-15(19)20/h1-3,10-11,18H,4-9,17H2/t11-/m0/s1. The van der Waals surface area contributed by atoms with Crippen LogP contribution < -0.4 is 16.0 Å². The smallest absolute Gasteiger partial charge is 0.414 e. The van der Waals surface area contributed by atoms with Gasteiger partial charge in [-0.15, -0.1) is 0 Å². The number of rotatable bonds is 3. The molecule has 3 rings (SSSR count). The van der Waals surface area contributed by atoms with Crippen molar-refractivity contribution in [1.82, 2.24) is 5.32 Å². The highest BCUT2D eigenvalue weighted by atomic mass is 19.1. The fourth-order valence-electron chi connectivity index (χ4n) is 3.12. The summed E-state index contributed by atoms with van der Waals surface area (Å²) in [7, 11) is 0. The monoisotopic (exact) mass is 293 g/mol. The van der Waals surface area contributed by atoms with Gasteiger partial charge in [0.1, 0.15) is 11.9 Å². The van der Waals surface area contributed by atoms with Crippen molar-refractivity contribution < 1.29 is 13.9 Å². The van der Waals surface area contributed by atoms with Crippen LogP contribution in [0.25, 0.3) is 0 Å². The number of amides is 1. The molecular formula is C15H20FN3O2. The number of ether oxygens (including phenoxy) is 1. The third-order valence-electron chi connectivity index (χ3n) is 4.21. The van der Waals surface area contributed by atoms with Crippen LogP contribution in [0.2, 0.25) is 0 Å². The summed E-state index contributed by atoms with van der Waals surface area (Å²) in [5.41, 5.74) is 6.82. The van der Waals surface area contributed by atoms with Crippen LogP contribution >= 0.6 is 0 Å². The van der Waals surface area contributed by atoms with Crippen LogP contribution in [-0.2, 0) is 4.74 Å². The minimum atomic E-state index is -0.439. The zero-order valence-electron chi connectivity index (χ0n) is 11.8. The maximum atomic E-state index is 14.4. The van der Waals surface area contributed by atoms with E-state index in [1.54, 1.807) is 12.1 Å². The van der Waals surface area contributed by atoms with Crippen molar-refractivity contribution in [3.8, 4) is 0 Å². The second-order valence-corrected chi connectivity index (χ2v) is 5.55. The number of piperidine rings is 1. The molecule has 21 heavy (non-hydrogen) atoms. The lowest BCUT2D eigenvalue weighted by Gasteiger charge is -2.27. The van der Waals surface area contributed by atoms with E-state index in [2.05, 4.69) is 5.32 Å². The second kappa shape index (κ2) is 5.99. The molecule has 114 valence electrons. The van der Waals surface area contributed by atoms with Crippen LogP contribution in [0.1, 0.15) is 24.3 Å². The summed E-state index contributed by atoms with van der Waals surface area (Å²) in [6.45, 7) is 2.40. The Labute approximate surface area is 123 Å². The molecule has 0 bridgehead atoms. The molecular weight excluding hydrogens is 273 g/mol. The molecule has 0 spiro atoms. The first-order chi connectivity index (χ1) is 10.2. The van der Waals surface area contributed by atoms with E-state index in [-0.39, 0.29) is 24.4 Å². The van der Waals surface area contributed by atoms with Gasteiger partial charge in [0.2, 0.25) is 0 Å². The van der Waals surface area contributed by atoms with Crippen molar-refractivity contribution >= 4 is 11.8 Å². The molecule has 2 heterocycles. The predicted molar refractivity (Wildman–Crippen MR) is 77.9 cm³/mol. The molecule has 0 unspecified atom stereocenters. The Kier molecular flexibility index (Phi) is 4.07. The van der Waals surface area contributed by atoms with E-state index < -0.39 is 6.09 Å². The van der Waals surface area contributed by atoms with Gasteiger partial charge >= 0.3 is 6.09 Å². The number of nitrogens with one attached hydrogen (secondary N) is 1. The lowest BCUT2D eigenvalue weighted by atomic mass is 9.88. The molecule has 0 aromatic heterocycles. The Morgan fingerprint density at radius 1 is 1.38 bits per heavy atom.